The fraction of sp³-hybridized carbons (Fsp3) is 0.471. The number of ether oxygens (including phenoxy) is 2. The van der Waals surface area contributed by atoms with Crippen LogP contribution >= 0.6 is 27.5 Å². The highest BCUT2D eigenvalue weighted by Gasteiger charge is 2.34. The molecule has 0 aliphatic heterocycles. The highest BCUT2D eigenvalue weighted by atomic mass is 79.9. The van der Waals surface area contributed by atoms with Gasteiger partial charge in [-0.25, -0.2) is 9.59 Å². The zero-order valence-electron chi connectivity index (χ0n) is 14.9. The maximum absolute atomic E-state index is 12.6. The quantitative estimate of drug-likeness (QED) is 0.574. The molecule has 0 aromatic heterocycles. The predicted octanol–water partition coefficient (Wildman–Crippen LogP) is 5.65. The van der Waals surface area contributed by atoms with Crippen LogP contribution in [-0.2, 0) is 9.47 Å². The predicted molar refractivity (Wildman–Crippen MR) is 98.8 cm³/mol. The van der Waals surface area contributed by atoms with Crippen molar-refractivity contribution < 1.29 is 19.1 Å². The Bertz CT molecular complexity index is 702. The molecule has 1 rings (SSSR count). The van der Waals surface area contributed by atoms with E-state index >= 15 is 0 Å². The second kappa shape index (κ2) is 7.63. The van der Waals surface area contributed by atoms with Gasteiger partial charge in [-0.2, -0.15) is 10.2 Å². The topological polar surface area (TPSA) is 79.6 Å². The van der Waals surface area contributed by atoms with E-state index in [9.17, 15) is 9.59 Å². The van der Waals surface area contributed by atoms with Crippen molar-refractivity contribution in [3.8, 4) is 6.07 Å². The van der Waals surface area contributed by atoms with Gasteiger partial charge in [0, 0.05) is 4.47 Å². The molecule has 25 heavy (non-hydrogen) atoms. The van der Waals surface area contributed by atoms with E-state index in [2.05, 4.69) is 15.9 Å². The second-order valence-corrected chi connectivity index (χ2v) is 8.43. The number of halogens is 2. The molecule has 0 aliphatic carbocycles. The van der Waals surface area contributed by atoms with Crippen LogP contribution in [0.4, 0.5) is 15.3 Å². The summed E-state index contributed by atoms with van der Waals surface area (Å²) in [5.74, 6) is 0. The van der Waals surface area contributed by atoms with Crippen LogP contribution in [0.1, 0.15) is 47.1 Å². The Hall–Kier alpha value is -1.78. The number of benzene rings is 1. The number of carbonyl (C=O) groups is 2. The van der Waals surface area contributed by atoms with Gasteiger partial charge in [-0.05, 0) is 69.6 Å². The summed E-state index contributed by atoms with van der Waals surface area (Å²) in [6, 6.07) is 4.75. The molecule has 0 heterocycles. The standard InChI is InChI=1S/C17H20BrClN2O4/c1-16(2,3)24-14(22)21(15(23)25-17(4,5)6)12-8-10(9-20)7-11(18)13(12)19/h7-8H,1-6H3. The lowest BCUT2D eigenvalue weighted by atomic mass is 10.2. The molecule has 0 radical (unpaired) electrons. The summed E-state index contributed by atoms with van der Waals surface area (Å²) < 4.78 is 10.9. The number of anilines is 1. The fourth-order valence-electron chi connectivity index (χ4n) is 1.69. The van der Waals surface area contributed by atoms with Gasteiger partial charge in [0.15, 0.2) is 0 Å². The van der Waals surface area contributed by atoms with Crippen LogP contribution in [0, 0.1) is 11.3 Å². The van der Waals surface area contributed by atoms with Crippen LogP contribution in [0.25, 0.3) is 0 Å². The third-order valence-corrected chi connectivity index (χ3v) is 3.78. The summed E-state index contributed by atoms with van der Waals surface area (Å²) in [6.45, 7) is 10.0. The number of imide groups is 1. The highest BCUT2D eigenvalue weighted by molar-refractivity contribution is 9.10. The first-order valence-electron chi connectivity index (χ1n) is 7.40. The lowest BCUT2D eigenvalue weighted by molar-refractivity contribution is 0.0431. The van der Waals surface area contributed by atoms with Gasteiger partial charge >= 0.3 is 12.2 Å². The van der Waals surface area contributed by atoms with Crippen molar-refractivity contribution in [3.05, 3.63) is 27.2 Å². The molecule has 0 bridgehead atoms. The minimum Gasteiger partial charge on any atom is -0.443 e. The van der Waals surface area contributed by atoms with Crippen molar-refractivity contribution in [2.45, 2.75) is 52.7 Å². The second-order valence-electron chi connectivity index (χ2n) is 7.20. The summed E-state index contributed by atoms with van der Waals surface area (Å²) >= 11 is 9.45. The van der Waals surface area contributed by atoms with E-state index in [1.165, 1.54) is 12.1 Å². The van der Waals surface area contributed by atoms with Gasteiger partial charge in [-0.1, -0.05) is 11.6 Å². The van der Waals surface area contributed by atoms with E-state index < -0.39 is 23.4 Å². The maximum atomic E-state index is 12.6. The number of hydrogen-bond donors (Lipinski definition) is 0. The van der Waals surface area contributed by atoms with Crippen LogP contribution in [0.2, 0.25) is 5.02 Å². The van der Waals surface area contributed by atoms with Crippen LogP contribution in [0.3, 0.4) is 0 Å². The Labute approximate surface area is 160 Å². The number of amides is 2. The molecule has 0 unspecified atom stereocenters. The summed E-state index contributed by atoms with van der Waals surface area (Å²) in [7, 11) is 0. The summed E-state index contributed by atoms with van der Waals surface area (Å²) in [5.41, 5.74) is -1.47. The monoisotopic (exact) mass is 430 g/mol. The summed E-state index contributed by atoms with van der Waals surface area (Å²) in [5, 5.41) is 9.22. The molecule has 1 aromatic carbocycles. The molecular formula is C17H20BrClN2O4. The van der Waals surface area contributed by atoms with Crippen molar-refractivity contribution in [1.29, 1.82) is 5.26 Å². The average molecular weight is 432 g/mol. The smallest absolute Gasteiger partial charge is 0.424 e. The minimum atomic E-state index is -0.953. The van der Waals surface area contributed by atoms with Crippen LogP contribution in [0.15, 0.2) is 16.6 Å². The van der Waals surface area contributed by atoms with Crippen LogP contribution < -0.4 is 4.90 Å². The third-order valence-electron chi connectivity index (χ3n) is 2.53. The highest BCUT2D eigenvalue weighted by Crippen LogP contribution is 2.36. The van der Waals surface area contributed by atoms with E-state index in [0.29, 0.717) is 9.37 Å². The molecule has 136 valence electrons. The SMILES string of the molecule is CC(C)(C)OC(=O)N(C(=O)OC(C)(C)C)c1cc(C#N)cc(Br)c1Cl. The van der Waals surface area contributed by atoms with Crippen molar-refractivity contribution in [2.75, 3.05) is 4.90 Å². The molecule has 0 saturated heterocycles. The van der Waals surface area contributed by atoms with Gasteiger partial charge in [-0.15, -0.1) is 0 Å². The Kier molecular flexibility index (Phi) is 6.49. The first-order chi connectivity index (χ1) is 11.2. The van der Waals surface area contributed by atoms with Crippen LogP contribution in [-0.4, -0.2) is 23.4 Å². The number of hydrogen-bond acceptors (Lipinski definition) is 5. The molecule has 0 aliphatic rings. The van der Waals surface area contributed by atoms with Gasteiger partial charge in [-0.3, -0.25) is 0 Å². The summed E-state index contributed by atoms with van der Waals surface area (Å²) in [4.78, 5) is 25.9. The Balaban J connectivity index is 3.47. The number of nitrogens with zero attached hydrogens (tertiary/aromatic N) is 2. The van der Waals surface area contributed by atoms with Crippen molar-refractivity contribution in [1.82, 2.24) is 0 Å². The lowest BCUT2D eigenvalue weighted by Crippen LogP contribution is -2.44. The third kappa shape index (κ3) is 6.22. The molecule has 0 atom stereocenters. The van der Waals surface area contributed by atoms with Crippen molar-refractivity contribution in [2.24, 2.45) is 0 Å². The molecule has 0 N–H and O–H groups in total. The van der Waals surface area contributed by atoms with Crippen molar-refractivity contribution >= 4 is 45.4 Å². The molecule has 6 nitrogen and oxygen atoms in total. The normalized spacial score (nSPS) is 11.5. The van der Waals surface area contributed by atoms with E-state index in [4.69, 9.17) is 26.3 Å². The molecule has 0 saturated carbocycles. The summed E-state index contributed by atoms with van der Waals surface area (Å²) in [6.07, 6.45) is -1.91. The van der Waals surface area contributed by atoms with Crippen molar-refractivity contribution in [3.63, 3.8) is 0 Å². The fourth-order valence-corrected chi connectivity index (χ4v) is 2.33. The zero-order chi connectivity index (χ0) is 19.6. The lowest BCUT2D eigenvalue weighted by Gasteiger charge is -2.29. The van der Waals surface area contributed by atoms with Gasteiger partial charge in [0.1, 0.15) is 11.2 Å². The van der Waals surface area contributed by atoms with E-state index in [-0.39, 0.29) is 16.3 Å². The average Bonchev–Trinajstić information content (AvgIpc) is 2.39. The van der Waals surface area contributed by atoms with E-state index in [1.54, 1.807) is 41.5 Å². The van der Waals surface area contributed by atoms with Gasteiger partial charge < -0.3 is 9.47 Å². The van der Waals surface area contributed by atoms with Gasteiger partial charge in [0.25, 0.3) is 0 Å². The maximum Gasteiger partial charge on any atom is 0.424 e. The zero-order valence-corrected chi connectivity index (χ0v) is 17.3. The molecule has 2 amide bonds. The molecule has 0 fully saturated rings. The van der Waals surface area contributed by atoms with E-state index in [1.807, 2.05) is 6.07 Å². The first kappa shape index (κ1) is 21.3. The molecule has 8 heteroatoms. The Morgan fingerprint density at radius 3 is 1.88 bits per heavy atom. The number of carbonyl (C=O) groups excluding carboxylic acids is 2. The van der Waals surface area contributed by atoms with Gasteiger partial charge in [0.05, 0.1) is 22.3 Å². The Morgan fingerprint density at radius 2 is 1.52 bits per heavy atom. The molecule has 0 spiro atoms. The number of nitriles is 1. The molecular weight excluding hydrogens is 412 g/mol. The first-order valence-corrected chi connectivity index (χ1v) is 8.57. The van der Waals surface area contributed by atoms with Gasteiger partial charge in [0.2, 0.25) is 0 Å². The van der Waals surface area contributed by atoms with E-state index in [0.717, 1.165) is 0 Å². The Morgan fingerprint density at radius 1 is 1.08 bits per heavy atom. The minimum absolute atomic E-state index is 0.00362. The van der Waals surface area contributed by atoms with Crippen LogP contribution in [0.5, 0.6) is 0 Å². The number of rotatable bonds is 1. The molecule has 1 aromatic rings. The largest absolute Gasteiger partial charge is 0.443 e.